The summed E-state index contributed by atoms with van der Waals surface area (Å²) in [6, 6.07) is 10.8. The summed E-state index contributed by atoms with van der Waals surface area (Å²) < 4.78 is 7.68. The molecule has 0 radical (unpaired) electrons. The standard InChI is InChI=1S/C15H12N4O2S2/c20-14(8-10-4-3-7-22-10)17-11-5-1-2-6-12(11)18-15(21)13-9-16-23-19-13/h1-7,9H,8H2,(H,17,20)(H,18,21). The van der Waals surface area contributed by atoms with Crippen LogP contribution in [0.5, 0.6) is 0 Å². The zero-order valence-corrected chi connectivity index (χ0v) is 13.5. The van der Waals surface area contributed by atoms with Crippen molar-refractivity contribution >= 4 is 46.3 Å². The third kappa shape index (κ3) is 3.99. The summed E-state index contributed by atoms with van der Waals surface area (Å²) in [6.07, 6.45) is 1.70. The third-order valence-corrected chi connectivity index (χ3v) is 4.31. The summed E-state index contributed by atoms with van der Waals surface area (Å²) in [5.41, 5.74) is 1.31. The molecule has 2 N–H and O–H groups in total. The number of para-hydroxylation sites is 2. The number of nitrogens with zero attached hydrogens (tertiary/aromatic N) is 2. The molecule has 0 unspecified atom stereocenters. The molecule has 0 spiro atoms. The van der Waals surface area contributed by atoms with Crippen molar-refractivity contribution in [3.63, 3.8) is 0 Å². The molecule has 8 heteroatoms. The molecular formula is C15H12N4O2S2. The molecule has 0 fully saturated rings. The summed E-state index contributed by atoms with van der Waals surface area (Å²) in [7, 11) is 0. The maximum Gasteiger partial charge on any atom is 0.277 e. The van der Waals surface area contributed by atoms with Gasteiger partial charge in [0.1, 0.15) is 0 Å². The average Bonchev–Trinajstić information content (AvgIpc) is 3.22. The minimum Gasteiger partial charge on any atom is -0.324 e. The summed E-state index contributed by atoms with van der Waals surface area (Å²) in [5, 5.41) is 7.48. The minimum absolute atomic E-state index is 0.135. The number of aromatic nitrogens is 2. The monoisotopic (exact) mass is 344 g/mol. The van der Waals surface area contributed by atoms with Crippen molar-refractivity contribution in [3.05, 3.63) is 58.5 Å². The van der Waals surface area contributed by atoms with Crippen LogP contribution in [0.2, 0.25) is 0 Å². The number of hydrogen-bond donors (Lipinski definition) is 2. The molecule has 3 rings (SSSR count). The van der Waals surface area contributed by atoms with Crippen LogP contribution in [0, 0.1) is 0 Å². The predicted octanol–water partition coefficient (Wildman–Crippen LogP) is 3.03. The van der Waals surface area contributed by atoms with Gasteiger partial charge in [0.25, 0.3) is 5.91 Å². The number of anilines is 2. The Morgan fingerprint density at radius 3 is 2.48 bits per heavy atom. The maximum absolute atomic E-state index is 12.1. The second-order valence-corrected chi connectivity index (χ2v) is 6.19. The fourth-order valence-corrected chi connectivity index (χ4v) is 3.03. The zero-order valence-electron chi connectivity index (χ0n) is 11.9. The first-order valence-corrected chi connectivity index (χ1v) is 8.33. The Kier molecular flexibility index (Phi) is 4.74. The highest BCUT2D eigenvalue weighted by atomic mass is 32.1. The van der Waals surface area contributed by atoms with E-state index in [2.05, 4.69) is 19.4 Å². The van der Waals surface area contributed by atoms with Gasteiger partial charge in [-0.1, -0.05) is 18.2 Å². The van der Waals surface area contributed by atoms with E-state index in [1.165, 1.54) is 17.5 Å². The molecule has 2 aromatic heterocycles. The number of carbonyl (C=O) groups is 2. The molecule has 6 nitrogen and oxygen atoms in total. The number of thiophene rings is 1. The van der Waals surface area contributed by atoms with Gasteiger partial charge in [-0.2, -0.15) is 8.75 Å². The molecule has 0 aliphatic rings. The molecule has 23 heavy (non-hydrogen) atoms. The van der Waals surface area contributed by atoms with E-state index < -0.39 is 0 Å². The van der Waals surface area contributed by atoms with Crippen LogP contribution in [0.15, 0.2) is 48.0 Å². The van der Waals surface area contributed by atoms with Crippen LogP contribution in [-0.2, 0) is 11.2 Å². The lowest BCUT2D eigenvalue weighted by Gasteiger charge is -2.11. The number of rotatable bonds is 5. The fourth-order valence-electron chi connectivity index (χ4n) is 1.92. The Labute approximate surface area is 140 Å². The van der Waals surface area contributed by atoms with Crippen molar-refractivity contribution in [2.45, 2.75) is 6.42 Å². The highest BCUT2D eigenvalue weighted by Crippen LogP contribution is 2.22. The van der Waals surface area contributed by atoms with Gasteiger partial charge in [0.15, 0.2) is 5.69 Å². The van der Waals surface area contributed by atoms with Gasteiger partial charge in [0, 0.05) is 4.88 Å². The van der Waals surface area contributed by atoms with E-state index in [-0.39, 0.29) is 17.5 Å². The minimum atomic E-state index is -0.362. The Morgan fingerprint density at radius 1 is 1.04 bits per heavy atom. The van der Waals surface area contributed by atoms with Crippen molar-refractivity contribution in [2.75, 3.05) is 10.6 Å². The molecule has 116 valence electrons. The van der Waals surface area contributed by atoms with Crippen LogP contribution >= 0.6 is 23.1 Å². The second kappa shape index (κ2) is 7.12. The van der Waals surface area contributed by atoms with Crippen molar-refractivity contribution in [1.82, 2.24) is 8.75 Å². The Morgan fingerprint density at radius 2 is 1.83 bits per heavy atom. The van der Waals surface area contributed by atoms with E-state index in [0.29, 0.717) is 17.8 Å². The number of carbonyl (C=O) groups excluding carboxylic acids is 2. The van der Waals surface area contributed by atoms with E-state index in [0.717, 1.165) is 16.6 Å². The largest absolute Gasteiger partial charge is 0.324 e. The highest BCUT2D eigenvalue weighted by Gasteiger charge is 2.13. The van der Waals surface area contributed by atoms with Gasteiger partial charge in [0.2, 0.25) is 5.91 Å². The molecule has 3 aromatic rings. The Bertz CT molecular complexity index is 801. The van der Waals surface area contributed by atoms with E-state index in [1.807, 2.05) is 17.5 Å². The van der Waals surface area contributed by atoms with Gasteiger partial charge < -0.3 is 10.6 Å². The smallest absolute Gasteiger partial charge is 0.277 e. The summed E-state index contributed by atoms with van der Waals surface area (Å²) in [6.45, 7) is 0. The van der Waals surface area contributed by atoms with E-state index in [9.17, 15) is 9.59 Å². The molecule has 0 saturated carbocycles. The number of nitrogens with one attached hydrogen (secondary N) is 2. The number of hydrogen-bond acceptors (Lipinski definition) is 6. The molecule has 2 heterocycles. The van der Waals surface area contributed by atoms with E-state index >= 15 is 0 Å². The predicted molar refractivity (Wildman–Crippen MR) is 91.0 cm³/mol. The summed E-state index contributed by atoms with van der Waals surface area (Å²) in [4.78, 5) is 25.1. The summed E-state index contributed by atoms with van der Waals surface area (Å²) >= 11 is 2.50. The van der Waals surface area contributed by atoms with Crippen molar-refractivity contribution in [1.29, 1.82) is 0 Å². The lowest BCUT2D eigenvalue weighted by atomic mass is 10.2. The molecule has 1 aromatic carbocycles. The quantitative estimate of drug-likeness (QED) is 0.745. The summed E-state index contributed by atoms with van der Waals surface area (Å²) in [5.74, 6) is -0.497. The van der Waals surface area contributed by atoms with Gasteiger partial charge in [-0.05, 0) is 23.6 Å². The van der Waals surface area contributed by atoms with Crippen LogP contribution in [0.1, 0.15) is 15.4 Å². The van der Waals surface area contributed by atoms with Crippen molar-refractivity contribution in [3.8, 4) is 0 Å². The van der Waals surface area contributed by atoms with Crippen molar-refractivity contribution in [2.24, 2.45) is 0 Å². The van der Waals surface area contributed by atoms with Gasteiger partial charge in [0.05, 0.1) is 35.7 Å². The van der Waals surface area contributed by atoms with Crippen LogP contribution < -0.4 is 10.6 Å². The van der Waals surface area contributed by atoms with Gasteiger partial charge in [-0.15, -0.1) is 11.3 Å². The lowest BCUT2D eigenvalue weighted by Crippen LogP contribution is -2.17. The van der Waals surface area contributed by atoms with Gasteiger partial charge >= 0.3 is 0 Å². The Balaban J connectivity index is 1.70. The fraction of sp³-hybridized carbons (Fsp3) is 0.0667. The molecule has 0 aliphatic heterocycles. The highest BCUT2D eigenvalue weighted by molar-refractivity contribution is 7.10. The van der Waals surface area contributed by atoms with Crippen LogP contribution in [0.3, 0.4) is 0 Å². The van der Waals surface area contributed by atoms with Gasteiger partial charge in [-0.25, -0.2) is 0 Å². The van der Waals surface area contributed by atoms with Crippen LogP contribution in [-0.4, -0.2) is 20.6 Å². The number of amides is 2. The topological polar surface area (TPSA) is 84.0 Å². The normalized spacial score (nSPS) is 10.3. The molecule has 0 aliphatic carbocycles. The van der Waals surface area contributed by atoms with E-state index in [1.54, 1.807) is 24.3 Å². The lowest BCUT2D eigenvalue weighted by molar-refractivity contribution is -0.115. The average molecular weight is 344 g/mol. The Hall–Kier alpha value is -2.58. The number of benzene rings is 1. The molecule has 0 atom stereocenters. The molecule has 0 saturated heterocycles. The SMILES string of the molecule is O=C(Cc1cccs1)Nc1ccccc1NC(=O)c1cnsn1. The molecule has 2 amide bonds. The molecular weight excluding hydrogens is 332 g/mol. The second-order valence-electron chi connectivity index (χ2n) is 4.60. The van der Waals surface area contributed by atoms with Crippen LogP contribution in [0.25, 0.3) is 0 Å². The molecule has 0 bridgehead atoms. The first kappa shape index (κ1) is 15.3. The van der Waals surface area contributed by atoms with Gasteiger partial charge in [-0.3, -0.25) is 9.59 Å². The van der Waals surface area contributed by atoms with E-state index in [4.69, 9.17) is 0 Å². The third-order valence-electron chi connectivity index (χ3n) is 2.96. The first-order chi connectivity index (χ1) is 11.2. The maximum atomic E-state index is 12.1. The van der Waals surface area contributed by atoms with Crippen LogP contribution in [0.4, 0.5) is 11.4 Å². The zero-order chi connectivity index (χ0) is 16.1. The first-order valence-electron chi connectivity index (χ1n) is 6.72. The van der Waals surface area contributed by atoms with Crippen molar-refractivity contribution < 1.29 is 9.59 Å².